The Kier molecular flexibility index (Phi) is 5.46. The fourth-order valence-corrected chi connectivity index (χ4v) is 3.24. The molecule has 3 aromatic rings. The van der Waals surface area contributed by atoms with Gasteiger partial charge in [0.2, 0.25) is 5.91 Å². The minimum Gasteiger partial charge on any atom is -0.491 e. The van der Waals surface area contributed by atoms with Crippen molar-refractivity contribution in [2.45, 2.75) is 26.5 Å². The molecule has 1 N–H and O–H groups in total. The molecule has 1 aromatic heterocycles. The summed E-state index contributed by atoms with van der Waals surface area (Å²) < 4.78 is 6.88. The van der Waals surface area contributed by atoms with E-state index in [9.17, 15) is 4.79 Å². The van der Waals surface area contributed by atoms with Crippen LogP contribution in [-0.2, 0) is 11.3 Å². The number of carbonyl (C=O) groups is 1. The van der Waals surface area contributed by atoms with E-state index in [0.717, 1.165) is 26.5 Å². The molecule has 0 unspecified atom stereocenters. The number of para-hydroxylation sites is 2. The number of aromatic nitrogens is 1. The van der Waals surface area contributed by atoms with E-state index in [1.165, 1.54) is 6.08 Å². The number of hydrogen-bond donors (Lipinski definition) is 1. The minimum absolute atomic E-state index is 0.0933. The smallest absolute Gasteiger partial charge is 0.244 e. The van der Waals surface area contributed by atoms with E-state index in [-0.39, 0.29) is 12.0 Å². The summed E-state index contributed by atoms with van der Waals surface area (Å²) >= 11 is 1.57. The van der Waals surface area contributed by atoms with Gasteiger partial charge in [-0.3, -0.25) is 4.79 Å². The van der Waals surface area contributed by atoms with E-state index in [0.29, 0.717) is 6.54 Å². The zero-order valence-electron chi connectivity index (χ0n) is 14.2. The average molecular weight is 352 g/mol. The number of thiazole rings is 1. The van der Waals surface area contributed by atoms with Crippen molar-refractivity contribution in [1.82, 2.24) is 10.3 Å². The highest BCUT2D eigenvalue weighted by Gasteiger charge is 2.06. The molecule has 0 aliphatic rings. The van der Waals surface area contributed by atoms with Crippen LogP contribution in [0.4, 0.5) is 0 Å². The van der Waals surface area contributed by atoms with Gasteiger partial charge in [0.15, 0.2) is 0 Å². The topological polar surface area (TPSA) is 51.2 Å². The lowest BCUT2D eigenvalue weighted by Crippen LogP contribution is -2.21. The Labute approximate surface area is 151 Å². The summed E-state index contributed by atoms with van der Waals surface area (Å²) in [5, 5.41) is 3.71. The van der Waals surface area contributed by atoms with Crippen molar-refractivity contribution < 1.29 is 9.53 Å². The Morgan fingerprint density at radius 3 is 2.76 bits per heavy atom. The summed E-state index contributed by atoms with van der Waals surface area (Å²) in [4.78, 5) is 16.6. The zero-order chi connectivity index (χ0) is 17.6. The van der Waals surface area contributed by atoms with E-state index >= 15 is 0 Å². The lowest BCUT2D eigenvalue weighted by atomic mass is 10.2. The van der Waals surface area contributed by atoms with Crippen LogP contribution in [-0.4, -0.2) is 17.0 Å². The number of ether oxygens (including phenoxy) is 1. The van der Waals surface area contributed by atoms with Gasteiger partial charge < -0.3 is 10.1 Å². The monoisotopic (exact) mass is 352 g/mol. The Bertz CT molecular complexity index is 866. The van der Waals surface area contributed by atoms with Crippen LogP contribution in [0.3, 0.4) is 0 Å². The van der Waals surface area contributed by atoms with E-state index in [1.807, 2.05) is 62.4 Å². The second-order valence-corrected chi connectivity index (χ2v) is 6.91. The van der Waals surface area contributed by atoms with E-state index in [4.69, 9.17) is 4.74 Å². The van der Waals surface area contributed by atoms with Crippen molar-refractivity contribution in [1.29, 1.82) is 0 Å². The average Bonchev–Trinajstić information content (AvgIpc) is 3.01. The third kappa shape index (κ3) is 4.67. The van der Waals surface area contributed by atoms with Crippen LogP contribution in [0.1, 0.15) is 24.4 Å². The Hall–Kier alpha value is -2.66. The lowest BCUT2D eigenvalue weighted by Gasteiger charge is -2.14. The van der Waals surface area contributed by atoms with Crippen molar-refractivity contribution in [2.24, 2.45) is 0 Å². The molecule has 1 heterocycles. The first-order valence-electron chi connectivity index (χ1n) is 8.18. The summed E-state index contributed by atoms with van der Waals surface area (Å²) in [7, 11) is 0. The molecule has 5 heteroatoms. The number of benzene rings is 2. The minimum atomic E-state index is -0.154. The normalized spacial score (nSPS) is 11.3. The number of hydrogen-bond acceptors (Lipinski definition) is 4. The summed E-state index contributed by atoms with van der Waals surface area (Å²) in [6, 6.07) is 15.7. The first-order chi connectivity index (χ1) is 12.1. The fourth-order valence-electron chi connectivity index (χ4n) is 2.37. The molecule has 0 bridgehead atoms. The van der Waals surface area contributed by atoms with Crippen LogP contribution in [0.2, 0.25) is 0 Å². The molecule has 2 aromatic carbocycles. The SMILES string of the molecule is CC(C)Oc1ccccc1CNC(=O)/C=C/c1nc2ccccc2s1. The number of amides is 1. The summed E-state index contributed by atoms with van der Waals surface area (Å²) in [6.07, 6.45) is 3.36. The molecule has 0 radical (unpaired) electrons. The first kappa shape index (κ1) is 17.2. The maximum Gasteiger partial charge on any atom is 0.244 e. The number of fused-ring (bicyclic) bond motifs is 1. The number of nitrogens with zero attached hydrogens (tertiary/aromatic N) is 1. The van der Waals surface area contributed by atoms with Crippen LogP contribution < -0.4 is 10.1 Å². The standard InChI is InChI=1S/C20H20N2O2S/c1-14(2)24-17-9-5-3-7-15(17)13-21-19(23)11-12-20-22-16-8-4-6-10-18(16)25-20/h3-12,14H,13H2,1-2H3,(H,21,23)/b12-11+. The molecule has 25 heavy (non-hydrogen) atoms. The molecule has 0 atom stereocenters. The molecule has 128 valence electrons. The number of carbonyl (C=O) groups excluding carboxylic acids is 1. The van der Waals surface area contributed by atoms with Gasteiger partial charge in [-0.2, -0.15) is 0 Å². The maximum atomic E-state index is 12.1. The number of nitrogens with one attached hydrogen (secondary N) is 1. The molecule has 4 nitrogen and oxygen atoms in total. The third-order valence-corrected chi connectivity index (χ3v) is 4.48. The largest absolute Gasteiger partial charge is 0.491 e. The van der Waals surface area contributed by atoms with Gasteiger partial charge in [-0.1, -0.05) is 30.3 Å². The Balaban J connectivity index is 1.61. The third-order valence-electron chi connectivity index (χ3n) is 3.48. The Morgan fingerprint density at radius 2 is 1.96 bits per heavy atom. The van der Waals surface area contributed by atoms with Crippen LogP contribution in [0.5, 0.6) is 5.75 Å². The fraction of sp³-hybridized carbons (Fsp3) is 0.200. The maximum absolute atomic E-state index is 12.1. The molecule has 1 amide bonds. The van der Waals surface area contributed by atoms with Crippen molar-refractivity contribution in [3.63, 3.8) is 0 Å². The van der Waals surface area contributed by atoms with Gasteiger partial charge in [-0.05, 0) is 38.1 Å². The molecular weight excluding hydrogens is 332 g/mol. The molecule has 0 aliphatic carbocycles. The van der Waals surface area contributed by atoms with Crippen molar-refractivity contribution in [2.75, 3.05) is 0 Å². The highest BCUT2D eigenvalue weighted by molar-refractivity contribution is 7.19. The lowest BCUT2D eigenvalue weighted by molar-refractivity contribution is -0.116. The van der Waals surface area contributed by atoms with Crippen LogP contribution in [0.25, 0.3) is 16.3 Å². The molecule has 0 saturated carbocycles. The second kappa shape index (κ2) is 7.94. The summed E-state index contributed by atoms with van der Waals surface area (Å²) in [6.45, 7) is 4.39. The zero-order valence-corrected chi connectivity index (χ0v) is 15.0. The van der Waals surface area contributed by atoms with Crippen LogP contribution >= 0.6 is 11.3 Å². The highest BCUT2D eigenvalue weighted by Crippen LogP contribution is 2.22. The van der Waals surface area contributed by atoms with Gasteiger partial charge in [0.25, 0.3) is 0 Å². The quantitative estimate of drug-likeness (QED) is 0.669. The summed E-state index contributed by atoms with van der Waals surface area (Å²) in [5.74, 6) is 0.645. The van der Waals surface area contributed by atoms with E-state index < -0.39 is 0 Å². The van der Waals surface area contributed by atoms with Gasteiger partial charge in [0.05, 0.1) is 16.3 Å². The molecule has 0 spiro atoms. The molecule has 0 fully saturated rings. The van der Waals surface area contributed by atoms with Crippen molar-refractivity contribution >= 4 is 33.5 Å². The van der Waals surface area contributed by atoms with E-state index in [1.54, 1.807) is 17.4 Å². The van der Waals surface area contributed by atoms with Gasteiger partial charge in [0, 0.05) is 18.2 Å². The predicted octanol–water partition coefficient (Wildman–Crippen LogP) is 4.41. The van der Waals surface area contributed by atoms with Gasteiger partial charge in [0.1, 0.15) is 10.8 Å². The summed E-state index contributed by atoms with van der Waals surface area (Å²) in [5.41, 5.74) is 1.91. The molecular formula is C20H20N2O2S. The second-order valence-electron chi connectivity index (χ2n) is 5.85. The molecule has 3 rings (SSSR count). The van der Waals surface area contributed by atoms with Crippen LogP contribution in [0, 0.1) is 0 Å². The van der Waals surface area contributed by atoms with Crippen molar-refractivity contribution in [3.8, 4) is 5.75 Å². The van der Waals surface area contributed by atoms with E-state index in [2.05, 4.69) is 10.3 Å². The predicted molar refractivity (Wildman–Crippen MR) is 103 cm³/mol. The first-order valence-corrected chi connectivity index (χ1v) is 8.99. The molecule has 0 aliphatic heterocycles. The van der Waals surface area contributed by atoms with Crippen LogP contribution in [0.15, 0.2) is 54.6 Å². The van der Waals surface area contributed by atoms with Crippen molar-refractivity contribution in [3.05, 3.63) is 65.2 Å². The number of rotatable bonds is 6. The Morgan fingerprint density at radius 1 is 1.20 bits per heavy atom. The highest BCUT2D eigenvalue weighted by atomic mass is 32.1. The van der Waals surface area contributed by atoms with Gasteiger partial charge in [-0.15, -0.1) is 11.3 Å². The molecule has 0 saturated heterocycles. The van der Waals surface area contributed by atoms with Gasteiger partial charge in [-0.25, -0.2) is 4.98 Å². The van der Waals surface area contributed by atoms with Gasteiger partial charge >= 0.3 is 0 Å².